The molecule has 1 heterocycles. The first-order chi connectivity index (χ1) is 11.8. The van der Waals surface area contributed by atoms with Crippen molar-refractivity contribution >= 4 is 0 Å². The van der Waals surface area contributed by atoms with Crippen molar-refractivity contribution in [1.82, 2.24) is 10.6 Å². The summed E-state index contributed by atoms with van der Waals surface area (Å²) < 4.78 is 5.44. The van der Waals surface area contributed by atoms with Gasteiger partial charge in [-0.1, -0.05) is 42.5 Å². The molecule has 0 saturated carbocycles. The molecule has 0 amide bonds. The number of aliphatic hydroxyl groups is 1. The Bertz CT molecular complexity index is 642. The number of nitrogens with one attached hydrogen (secondary N) is 2. The first kappa shape index (κ1) is 17.0. The number of aliphatic hydroxyl groups excluding tert-OH is 1. The molecule has 0 radical (unpaired) electrons. The van der Waals surface area contributed by atoms with Gasteiger partial charge >= 0.3 is 0 Å². The van der Waals surface area contributed by atoms with Crippen molar-refractivity contribution < 1.29 is 9.84 Å². The molecule has 0 bridgehead atoms. The third-order valence-corrected chi connectivity index (χ3v) is 4.73. The van der Waals surface area contributed by atoms with Crippen LogP contribution >= 0.6 is 0 Å². The monoisotopic (exact) mass is 326 g/mol. The van der Waals surface area contributed by atoms with Crippen molar-refractivity contribution in [3.63, 3.8) is 0 Å². The van der Waals surface area contributed by atoms with Crippen LogP contribution in [-0.4, -0.2) is 24.8 Å². The minimum Gasteiger partial charge on any atom is -0.496 e. The molecule has 24 heavy (non-hydrogen) atoms. The fourth-order valence-corrected chi connectivity index (χ4v) is 3.38. The van der Waals surface area contributed by atoms with E-state index in [9.17, 15) is 5.11 Å². The van der Waals surface area contributed by atoms with Gasteiger partial charge in [-0.25, -0.2) is 0 Å². The van der Waals surface area contributed by atoms with Crippen LogP contribution in [0.3, 0.4) is 0 Å². The molecule has 2 atom stereocenters. The van der Waals surface area contributed by atoms with Crippen LogP contribution in [0, 0.1) is 0 Å². The molecule has 4 nitrogen and oxygen atoms in total. The molecule has 1 fully saturated rings. The number of ether oxygens (including phenoxy) is 1. The Labute approximate surface area is 143 Å². The van der Waals surface area contributed by atoms with Gasteiger partial charge in [-0.15, -0.1) is 0 Å². The Morgan fingerprint density at radius 3 is 2.71 bits per heavy atom. The van der Waals surface area contributed by atoms with Crippen molar-refractivity contribution in [2.75, 3.05) is 13.7 Å². The first-order valence-electron chi connectivity index (χ1n) is 8.60. The van der Waals surface area contributed by atoms with Crippen LogP contribution in [0.2, 0.25) is 0 Å². The van der Waals surface area contributed by atoms with E-state index in [-0.39, 0.29) is 6.61 Å². The molecule has 128 valence electrons. The average molecular weight is 326 g/mol. The lowest BCUT2D eigenvalue weighted by Crippen LogP contribution is -2.45. The maximum atomic E-state index is 9.21. The van der Waals surface area contributed by atoms with Gasteiger partial charge in [0.15, 0.2) is 0 Å². The molecular formula is C20H26N2O2. The lowest BCUT2D eigenvalue weighted by Gasteiger charge is -2.34. The van der Waals surface area contributed by atoms with Gasteiger partial charge in [0.25, 0.3) is 0 Å². The van der Waals surface area contributed by atoms with Crippen LogP contribution < -0.4 is 15.4 Å². The Morgan fingerprint density at radius 2 is 1.96 bits per heavy atom. The highest BCUT2D eigenvalue weighted by molar-refractivity contribution is 5.33. The number of rotatable bonds is 6. The SMILES string of the molecule is COc1ccccc1CNC1CCCNC1c1ccc(CO)cc1. The average Bonchev–Trinajstić information content (AvgIpc) is 2.67. The topological polar surface area (TPSA) is 53.5 Å². The number of benzene rings is 2. The van der Waals surface area contributed by atoms with Gasteiger partial charge in [-0.2, -0.15) is 0 Å². The molecular weight excluding hydrogens is 300 g/mol. The van der Waals surface area contributed by atoms with Gasteiger partial charge in [0, 0.05) is 24.2 Å². The third kappa shape index (κ3) is 3.96. The van der Waals surface area contributed by atoms with Crippen molar-refractivity contribution in [2.45, 2.75) is 38.1 Å². The molecule has 1 aliphatic heterocycles. The molecule has 2 unspecified atom stereocenters. The molecule has 2 aromatic rings. The Kier molecular flexibility index (Phi) is 5.86. The van der Waals surface area contributed by atoms with Gasteiger partial charge in [0.2, 0.25) is 0 Å². The molecule has 2 aromatic carbocycles. The zero-order valence-electron chi connectivity index (χ0n) is 14.2. The summed E-state index contributed by atoms with van der Waals surface area (Å²) >= 11 is 0. The number of para-hydroxylation sites is 1. The van der Waals surface area contributed by atoms with E-state index >= 15 is 0 Å². The van der Waals surface area contributed by atoms with Gasteiger partial charge in [-0.05, 0) is 36.6 Å². The highest BCUT2D eigenvalue weighted by Gasteiger charge is 2.25. The molecule has 3 rings (SSSR count). The van der Waals surface area contributed by atoms with E-state index in [1.165, 1.54) is 17.5 Å². The molecule has 1 saturated heterocycles. The van der Waals surface area contributed by atoms with Gasteiger partial charge in [-0.3, -0.25) is 0 Å². The van der Waals surface area contributed by atoms with Crippen LogP contribution in [-0.2, 0) is 13.2 Å². The second-order valence-electron chi connectivity index (χ2n) is 6.27. The van der Waals surface area contributed by atoms with E-state index in [0.717, 1.165) is 30.8 Å². The third-order valence-electron chi connectivity index (χ3n) is 4.73. The summed E-state index contributed by atoms with van der Waals surface area (Å²) in [5, 5.41) is 16.5. The quantitative estimate of drug-likeness (QED) is 0.764. The summed E-state index contributed by atoms with van der Waals surface area (Å²) in [7, 11) is 1.71. The second kappa shape index (κ2) is 8.29. The minimum absolute atomic E-state index is 0.0911. The first-order valence-corrected chi connectivity index (χ1v) is 8.60. The van der Waals surface area contributed by atoms with Crippen LogP contribution in [0.1, 0.15) is 35.6 Å². The number of hydrogen-bond acceptors (Lipinski definition) is 4. The number of hydrogen-bond donors (Lipinski definition) is 3. The van der Waals surface area contributed by atoms with E-state index in [2.05, 4.69) is 28.8 Å². The predicted octanol–water partition coefficient (Wildman–Crippen LogP) is 2.77. The number of methoxy groups -OCH3 is 1. The Balaban J connectivity index is 1.70. The van der Waals surface area contributed by atoms with Crippen molar-refractivity contribution in [3.05, 3.63) is 65.2 Å². The minimum atomic E-state index is 0.0911. The number of piperidine rings is 1. The van der Waals surface area contributed by atoms with E-state index in [1.807, 2.05) is 30.3 Å². The van der Waals surface area contributed by atoms with Crippen molar-refractivity contribution in [3.8, 4) is 5.75 Å². The smallest absolute Gasteiger partial charge is 0.123 e. The maximum absolute atomic E-state index is 9.21. The summed E-state index contributed by atoms with van der Waals surface area (Å²) in [6, 6.07) is 17.1. The Hall–Kier alpha value is -1.88. The van der Waals surface area contributed by atoms with E-state index in [1.54, 1.807) is 7.11 Å². The van der Waals surface area contributed by atoms with Crippen LogP contribution in [0.5, 0.6) is 5.75 Å². The highest BCUT2D eigenvalue weighted by atomic mass is 16.5. The molecule has 4 heteroatoms. The van der Waals surface area contributed by atoms with Crippen molar-refractivity contribution in [2.24, 2.45) is 0 Å². The van der Waals surface area contributed by atoms with Crippen LogP contribution in [0.25, 0.3) is 0 Å². The normalized spacial score (nSPS) is 20.8. The molecule has 1 aliphatic rings. The van der Waals surface area contributed by atoms with Crippen LogP contribution in [0.4, 0.5) is 0 Å². The largest absolute Gasteiger partial charge is 0.496 e. The van der Waals surface area contributed by atoms with E-state index in [4.69, 9.17) is 4.74 Å². The zero-order valence-corrected chi connectivity index (χ0v) is 14.2. The predicted molar refractivity (Wildman–Crippen MR) is 96.0 cm³/mol. The zero-order chi connectivity index (χ0) is 16.8. The van der Waals surface area contributed by atoms with E-state index in [0.29, 0.717) is 12.1 Å². The lowest BCUT2D eigenvalue weighted by molar-refractivity contribution is 0.281. The molecule has 0 spiro atoms. The van der Waals surface area contributed by atoms with Crippen LogP contribution in [0.15, 0.2) is 48.5 Å². The van der Waals surface area contributed by atoms with Gasteiger partial charge < -0.3 is 20.5 Å². The molecule has 0 aromatic heterocycles. The van der Waals surface area contributed by atoms with E-state index < -0.39 is 0 Å². The summed E-state index contributed by atoms with van der Waals surface area (Å²) in [6.45, 7) is 1.93. The van der Waals surface area contributed by atoms with Gasteiger partial charge in [0.1, 0.15) is 5.75 Å². The molecule has 3 N–H and O–H groups in total. The van der Waals surface area contributed by atoms with Gasteiger partial charge in [0.05, 0.1) is 13.7 Å². The molecule has 0 aliphatic carbocycles. The van der Waals surface area contributed by atoms with Crippen molar-refractivity contribution in [1.29, 1.82) is 0 Å². The fourth-order valence-electron chi connectivity index (χ4n) is 3.38. The standard InChI is InChI=1S/C20H26N2O2/c1-24-19-7-3-2-5-17(19)13-22-18-6-4-12-21-20(18)16-10-8-15(14-23)9-11-16/h2-3,5,7-11,18,20-23H,4,6,12-14H2,1H3. The second-order valence-corrected chi connectivity index (χ2v) is 6.27. The summed E-state index contributed by atoms with van der Waals surface area (Å²) in [5.74, 6) is 0.928. The summed E-state index contributed by atoms with van der Waals surface area (Å²) in [4.78, 5) is 0. The summed E-state index contributed by atoms with van der Waals surface area (Å²) in [6.07, 6.45) is 2.32. The maximum Gasteiger partial charge on any atom is 0.123 e. The Morgan fingerprint density at radius 1 is 1.17 bits per heavy atom. The fraction of sp³-hybridized carbons (Fsp3) is 0.400. The summed E-state index contributed by atoms with van der Waals surface area (Å²) in [5.41, 5.74) is 3.40. The highest BCUT2D eigenvalue weighted by Crippen LogP contribution is 2.25. The lowest BCUT2D eigenvalue weighted by atomic mass is 9.91.